The lowest BCUT2D eigenvalue weighted by molar-refractivity contribution is 0.114. The first-order chi connectivity index (χ1) is 12.2. The van der Waals surface area contributed by atoms with E-state index in [1.165, 1.54) is 37.9 Å². The highest BCUT2D eigenvalue weighted by molar-refractivity contribution is 5.29. The van der Waals surface area contributed by atoms with Crippen LogP contribution in [0.15, 0.2) is 24.3 Å². The molecule has 1 aromatic carbocycles. The number of rotatable bonds is 7. The third-order valence-electron chi connectivity index (χ3n) is 5.32. The summed E-state index contributed by atoms with van der Waals surface area (Å²) in [5.74, 6) is 1.56. The Hall–Kier alpha value is -1.10. The SMILES string of the molecule is CC(C)COc1ccc(C(CN2CCCCC2)N2CCNCC2)cc1. The van der Waals surface area contributed by atoms with E-state index in [2.05, 4.69) is 53.2 Å². The maximum atomic E-state index is 5.86. The summed E-state index contributed by atoms with van der Waals surface area (Å²) in [5, 5.41) is 3.49. The van der Waals surface area contributed by atoms with Gasteiger partial charge in [-0.05, 0) is 49.5 Å². The largest absolute Gasteiger partial charge is 0.493 e. The Kier molecular flexibility index (Phi) is 7.14. The van der Waals surface area contributed by atoms with E-state index in [-0.39, 0.29) is 0 Å². The minimum absolute atomic E-state index is 0.499. The lowest BCUT2D eigenvalue weighted by Gasteiger charge is -2.39. The normalized spacial score (nSPS) is 21.4. The summed E-state index contributed by atoms with van der Waals surface area (Å²) >= 11 is 0. The van der Waals surface area contributed by atoms with Crippen LogP contribution in [0.1, 0.15) is 44.7 Å². The fourth-order valence-corrected chi connectivity index (χ4v) is 3.86. The summed E-state index contributed by atoms with van der Waals surface area (Å²) < 4.78 is 5.86. The van der Waals surface area contributed by atoms with Gasteiger partial charge >= 0.3 is 0 Å². The molecule has 140 valence electrons. The minimum atomic E-state index is 0.499. The molecule has 2 aliphatic rings. The highest BCUT2D eigenvalue weighted by atomic mass is 16.5. The summed E-state index contributed by atoms with van der Waals surface area (Å²) in [5.41, 5.74) is 1.43. The highest BCUT2D eigenvalue weighted by Gasteiger charge is 2.25. The molecule has 2 aliphatic heterocycles. The first kappa shape index (κ1) is 18.7. The van der Waals surface area contributed by atoms with E-state index in [0.717, 1.165) is 45.1 Å². The number of piperazine rings is 1. The summed E-state index contributed by atoms with van der Waals surface area (Å²) in [4.78, 5) is 5.33. The molecule has 1 unspecified atom stereocenters. The molecule has 0 radical (unpaired) electrons. The molecule has 4 nitrogen and oxygen atoms in total. The second kappa shape index (κ2) is 9.56. The van der Waals surface area contributed by atoms with Crippen molar-refractivity contribution in [2.75, 3.05) is 52.4 Å². The molecule has 2 saturated heterocycles. The van der Waals surface area contributed by atoms with E-state index in [0.29, 0.717) is 12.0 Å². The van der Waals surface area contributed by atoms with Crippen molar-refractivity contribution in [3.63, 3.8) is 0 Å². The first-order valence-electron chi connectivity index (χ1n) is 10.1. The minimum Gasteiger partial charge on any atom is -0.493 e. The zero-order valence-corrected chi connectivity index (χ0v) is 16.0. The summed E-state index contributed by atoms with van der Waals surface area (Å²) in [6.45, 7) is 13.3. The second-order valence-corrected chi connectivity index (χ2v) is 7.94. The van der Waals surface area contributed by atoms with Gasteiger partial charge in [-0.2, -0.15) is 0 Å². The predicted molar refractivity (Wildman–Crippen MR) is 104 cm³/mol. The molecular weight excluding hydrogens is 310 g/mol. The first-order valence-corrected chi connectivity index (χ1v) is 10.1. The van der Waals surface area contributed by atoms with E-state index >= 15 is 0 Å². The molecule has 0 saturated carbocycles. The molecule has 0 aliphatic carbocycles. The predicted octanol–water partition coefficient (Wildman–Crippen LogP) is 3.15. The van der Waals surface area contributed by atoms with Crippen LogP contribution in [0.3, 0.4) is 0 Å². The Bertz CT molecular complexity index is 490. The van der Waals surface area contributed by atoms with E-state index in [1.807, 2.05) is 0 Å². The maximum Gasteiger partial charge on any atom is 0.119 e. The Balaban J connectivity index is 1.68. The van der Waals surface area contributed by atoms with Crippen molar-refractivity contribution in [3.05, 3.63) is 29.8 Å². The van der Waals surface area contributed by atoms with Gasteiger partial charge in [-0.15, -0.1) is 0 Å². The topological polar surface area (TPSA) is 27.7 Å². The number of benzene rings is 1. The van der Waals surface area contributed by atoms with E-state index in [9.17, 15) is 0 Å². The van der Waals surface area contributed by atoms with Crippen molar-refractivity contribution >= 4 is 0 Å². The van der Waals surface area contributed by atoms with Crippen molar-refractivity contribution in [2.45, 2.75) is 39.2 Å². The Morgan fingerprint density at radius 1 is 0.960 bits per heavy atom. The number of piperidine rings is 1. The lowest BCUT2D eigenvalue weighted by Crippen LogP contribution is -2.48. The number of nitrogens with one attached hydrogen (secondary N) is 1. The van der Waals surface area contributed by atoms with Crippen molar-refractivity contribution in [2.24, 2.45) is 5.92 Å². The van der Waals surface area contributed by atoms with Gasteiger partial charge in [0.15, 0.2) is 0 Å². The third-order valence-corrected chi connectivity index (χ3v) is 5.32. The van der Waals surface area contributed by atoms with Gasteiger partial charge in [0.1, 0.15) is 5.75 Å². The molecule has 1 atom stereocenters. The molecule has 0 bridgehead atoms. The zero-order chi connectivity index (χ0) is 17.5. The fraction of sp³-hybridized carbons (Fsp3) is 0.714. The van der Waals surface area contributed by atoms with E-state index in [4.69, 9.17) is 4.74 Å². The zero-order valence-electron chi connectivity index (χ0n) is 16.0. The standard InChI is InChI=1S/C21H35N3O/c1-18(2)17-25-20-8-6-19(7-9-20)21(24-14-10-22-11-15-24)16-23-12-4-3-5-13-23/h6-9,18,21-22H,3-5,10-17H2,1-2H3. The van der Waals surface area contributed by atoms with Crippen molar-refractivity contribution in [3.8, 4) is 5.75 Å². The molecule has 2 heterocycles. The van der Waals surface area contributed by atoms with Gasteiger partial charge in [0.2, 0.25) is 0 Å². The van der Waals surface area contributed by atoms with Crippen LogP contribution in [-0.2, 0) is 0 Å². The van der Waals surface area contributed by atoms with Gasteiger partial charge in [0.25, 0.3) is 0 Å². The average Bonchev–Trinajstić information content (AvgIpc) is 2.66. The van der Waals surface area contributed by atoms with Crippen molar-refractivity contribution in [1.82, 2.24) is 15.1 Å². The molecule has 2 fully saturated rings. The number of ether oxygens (including phenoxy) is 1. The smallest absolute Gasteiger partial charge is 0.119 e. The summed E-state index contributed by atoms with van der Waals surface area (Å²) in [6, 6.07) is 9.38. The van der Waals surface area contributed by atoms with Gasteiger partial charge in [-0.3, -0.25) is 4.90 Å². The van der Waals surface area contributed by atoms with E-state index < -0.39 is 0 Å². The van der Waals surface area contributed by atoms with Crippen LogP contribution in [0, 0.1) is 5.92 Å². The van der Waals surface area contributed by atoms with Gasteiger partial charge in [-0.25, -0.2) is 0 Å². The molecule has 1 aromatic rings. The molecule has 0 spiro atoms. The maximum absolute atomic E-state index is 5.86. The molecule has 0 amide bonds. The molecule has 25 heavy (non-hydrogen) atoms. The number of hydrogen-bond donors (Lipinski definition) is 1. The Morgan fingerprint density at radius 3 is 2.28 bits per heavy atom. The summed E-state index contributed by atoms with van der Waals surface area (Å²) in [6.07, 6.45) is 4.11. The lowest BCUT2D eigenvalue weighted by atomic mass is 10.0. The quantitative estimate of drug-likeness (QED) is 0.821. The van der Waals surface area contributed by atoms with Crippen LogP contribution in [-0.4, -0.2) is 62.2 Å². The third kappa shape index (κ3) is 5.70. The van der Waals surface area contributed by atoms with E-state index in [1.54, 1.807) is 0 Å². The van der Waals surface area contributed by atoms with Gasteiger partial charge in [0, 0.05) is 38.8 Å². The van der Waals surface area contributed by atoms with Crippen LogP contribution in [0.25, 0.3) is 0 Å². The molecule has 1 N–H and O–H groups in total. The van der Waals surface area contributed by atoms with Crippen LogP contribution < -0.4 is 10.1 Å². The average molecular weight is 346 g/mol. The Labute approximate surface area is 153 Å². The van der Waals surface area contributed by atoms with Crippen LogP contribution in [0.5, 0.6) is 5.75 Å². The van der Waals surface area contributed by atoms with Crippen LogP contribution in [0.2, 0.25) is 0 Å². The van der Waals surface area contributed by atoms with Crippen molar-refractivity contribution in [1.29, 1.82) is 0 Å². The van der Waals surface area contributed by atoms with Gasteiger partial charge < -0.3 is 15.0 Å². The summed E-state index contributed by atoms with van der Waals surface area (Å²) in [7, 11) is 0. The molecule has 4 heteroatoms. The number of likely N-dealkylation sites (tertiary alicyclic amines) is 1. The number of nitrogens with zero attached hydrogens (tertiary/aromatic N) is 2. The van der Waals surface area contributed by atoms with Gasteiger partial charge in [-0.1, -0.05) is 32.4 Å². The van der Waals surface area contributed by atoms with Crippen LogP contribution >= 0.6 is 0 Å². The monoisotopic (exact) mass is 345 g/mol. The van der Waals surface area contributed by atoms with Crippen LogP contribution in [0.4, 0.5) is 0 Å². The van der Waals surface area contributed by atoms with Crippen molar-refractivity contribution < 1.29 is 4.74 Å². The fourth-order valence-electron chi connectivity index (χ4n) is 3.86. The molecule has 3 rings (SSSR count). The Morgan fingerprint density at radius 2 is 1.64 bits per heavy atom. The second-order valence-electron chi connectivity index (χ2n) is 7.94. The van der Waals surface area contributed by atoms with Gasteiger partial charge in [0.05, 0.1) is 6.61 Å². The highest BCUT2D eigenvalue weighted by Crippen LogP contribution is 2.26. The number of hydrogen-bond acceptors (Lipinski definition) is 4. The molecular formula is C21H35N3O. The molecule has 0 aromatic heterocycles.